The Morgan fingerprint density at radius 1 is 0.931 bits per heavy atom. The summed E-state index contributed by atoms with van der Waals surface area (Å²) in [5, 5.41) is 2.76. The van der Waals surface area contributed by atoms with Crippen LogP contribution in [0.15, 0.2) is 47.4 Å². The van der Waals surface area contributed by atoms with Crippen LogP contribution < -0.4 is 14.8 Å². The summed E-state index contributed by atoms with van der Waals surface area (Å²) in [5.41, 5.74) is 0.734. The first-order valence-corrected chi connectivity index (χ1v) is 11.0. The van der Waals surface area contributed by atoms with E-state index in [9.17, 15) is 13.2 Å². The fourth-order valence-corrected chi connectivity index (χ4v) is 4.86. The maximum atomic E-state index is 13.1. The Balaban J connectivity index is 1.87. The molecular weight excluding hydrogens is 392 g/mol. The average Bonchev–Trinajstić information content (AvgIpc) is 3.04. The summed E-state index contributed by atoms with van der Waals surface area (Å²) >= 11 is 0. The number of rotatable bonds is 6. The molecule has 0 radical (unpaired) electrons. The Morgan fingerprint density at radius 3 is 2.17 bits per heavy atom. The third-order valence-corrected chi connectivity index (χ3v) is 6.87. The van der Waals surface area contributed by atoms with Gasteiger partial charge in [0, 0.05) is 18.7 Å². The molecule has 0 spiro atoms. The quantitative estimate of drug-likeness (QED) is 0.776. The van der Waals surface area contributed by atoms with E-state index in [2.05, 4.69) is 5.32 Å². The summed E-state index contributed by atoms with van der Waals surface area (Å²) in [6.45, 7) is 1.03. The van der Waals surface area contributed by atoms with Crippen molar-refractivity contribution in [3.8, 4) is 11.5 Å². The SMILES string of the molecule is COc1ccc(C(=O)Nc2cc(S(=O)(=O)N3CCCCCC3)ccc2OC)cc1. The molecule has 1 saturated heterocycles. The predicted molar refractivity (Wildman–Crippen MR) is 111 cm³/mol. The Kier molecular flexibility index (Phi) is 6.76. The molecule has 3 rings (SSSR count). The minimum absolute atomic E-state index is 0.144. The highest BCUT2D eigenvalue weighted by Crippen LogP contribution is 2.30. The first-order chi connectivity index (χ1) is 14.0. The topological polar surface area (TPSA) is 84.9 Å². The van der Waals surface area contributed by atoms with Gasteiger partial charge in [0.25, 0.3) is 5.91 Å². The molecule has 1 aliphatic rings. The maximum Gasteiger partial charge on any atom is 0.255 e. The number of benzene rings is 2. The molecule has 29 heavy (non-hydrogen) atoms. The lowest BCUT2D eigenvalue weighted by atomic mass is 10.2. The molecule has 7 nitrogen and oxygen atoms in total. The van der Waals surface area contributed by atoms with Crippen LogP contribution in [0.1, 0.15) is 36.0 Å². The zero-order valence-electron chi connectivity index (χ0n) is 16.7. The second kappa shape index (κ2) is 9.28. The molecule has 0 saturated carbocycles. The summed E-state index contributed by atoms with van der Waals surface area (Å²) in [7, 11) is -0.607. The molecule has 1 N–H and O–H groups in total. The number of nitrogens with one attached hydrogen (secondary N) is 1. The number of carbonyl (C=O) groups excluding carboxylic acids is 1. The van der Waals surface area contributed by atoms with Gasteiger partial charge in [-0.05, 0) is 55.3 Å². The number of hydrogen-bond acceptors (Lipinski definition) is 5. The normalized spacial score (nSPS) is 15.4. The van der Waals surface area contributed by atoms with Crippen LogP contribution >= 0.6 is 0 Å². The van der Waals surface area contributed by atoms with Gasteiger partial charge in [-0.15, -0.1) is 0 Å². The zero-order valence-corrected chi connectivity index (χ0v) is 17.5. The van der Waals surface area contributed by atoms with E-state index in [1.807, 2.05) is 0 Å². The van der Waals surface area contributed by atoms with Crippen molar-refractivity contribution in [1.29, 1.82) is 0 Å². The summed E-state index contributed by atoms with van der Waals surface area (Å²) < 4.78 is 38.1. The van der Waals surface area contributed by atoms with Crippen molar-refractivity contribution in [2.24, 2.45) is 0 Å². The van der Waals surface area contributed by atoms with Crippen LogP contribution in [0.3, 0.4) is 0 Å². The number of anilines is 1. The molecule has 8 heteroatoms. The van der Waals surface area contributed by atoms with Crippen LogP contribution in [0.5, 0.6) is 11.5 Å². The lowest BCUT2D eigenvalue weighted by Gasteiger charge is -2.21. The highest BCUT2D eigenvalue weighted by atomic mass is 32.2. The molecule has 1 aliphatic heterocycles. The molecule has 1 heterocycles. The Labute approximate surface area is 171 Å². The molecule has 1 amide bonds. The number of nitrogens with zero attached hydrogens (tertiary/aromatic N) is 1. The van der Waals surface area contributed by atoms with Gasteiger partial charge >= 0.3 is 0 Å². The summed E-state index contributed by atoms with van der Waals surface area (Å²) in [4.78, 5) is 12.8. The first kappa shape index (κ1) is 21.1. The zero-order chi connectivity index (χ0) is 20.9. The third-order valence-electron chi connectivity index (χ3n) is 4.97. The molecule has 156 valence electrons. The van der Waals surface area contributed by atoms with Crippen molar-refractivity contribution in [3.63, 3.8) is 0 Å². The van der Waals surface area contributed by atoms with Crippen LogP contribution in [0.2, 0.25) is 0 Å². The van der Waals surface area contributed by atoms with Gasteiger partial charge in [-0.25, -0.2) is 8.42 Å². The Morgan fingerprint density at radius 2 is 1.59 bits per heavy atom. The van der Waals surface area contributed by atoms with Crippen molar-refractivity contribution >= 4 is 21.6 Å². The summed E-state index contributed by atoms with van der Waals surface area (Å²) in [6.07, 6.45) is 3.79. The van der Waals surface area contributed by atoms with Crippen LogP contribution in [-0.2, 0) is 10.0 Å². The van der Waals surface area contributed by atoms with Gasteiger partial charge in [0.15, 0.2) is 0 Å². The highest BCUT2D eigenvalue weighted by molar-refractivity contribution is 7.89. The number of ether oxygens (including phenoxy) is 2. The molecule has 0 atom stereocenters. The maximum absolute atomic E-state index is 13.1. The van der Waals surface area contributed by atoms with E-state index in [-0.39, 0.29) is 10.8 Å². The molecule has 0 aliphatic carbocycles. The largest absolute Gasteiger partial charge is 0.497 e. The monoisotopic (exact) mass is 418 g/mol. The van der Waals surface area contributed by atoms with Gasteiger partial charge < -0.3 is 14.8 Å². The number of carbonyl (C=O) groups is 1. The van der Waals surface area contributed by atoms with Crippen molar-refractivity contribution in [2.45, 2.75) is 30.6 Å². The van der Waals surface area contributed by atoms with Crippen LogP contribution in [0, 0.1) is 0 Å². The molecule has 2 aromatic carbocycles. The van der Waals surface area contributed by atoms with E-state index in [1.165, 1.54) is 23.5 Å². The van der Waals surface area contributed by atoms with Crippen molar-refractivity contribution in [3.05, 3.63) is 48.0 Å². The van der Waals surface area contributed by atoms with E-state index < -0.39 is 10.0 Å². The van der Waals surface area contributed by atoms with Crippen LogP contribution in [-0.4, -0.2) is 45.9 Å². The molecule has 0 aromatic heterocycles. The second-order valence-corrected chi connectivity index (χ2v) is 8.80. The van der Waals surface area contributed by atoms with Crippen molar-refractivity contribution in [2.75, 3.05) is 32.6 Å². The summed E-state index contributed by atoms with van der Waals surface area (Å²) in [5.74, 6) is 0.668. The lowest BCUT2D eigenvalue weighted by molar-refractivity contribution is 0.102. The average molecular weight is 419 g/mol. The summed E-state index contributed by atoms with van der Waals surface area (Å²) in [6, 6.07) is 11.2. The molecule has 1 fully saturated rings. The van der Waals surface area contributed by atoms with Gasteiger partial charge in [-0.2, -0.15) is 4.31 Å². The standard InChI is InChI=1S/C21H26N2O5S/c1-27-17-9-7-16(8-10-17)21(24)22-19-15-18(11-12-20(19)28-2)29(25,26)23-13-5-3-4-6-14-23/h7-12,15H,3-6,13-14H2,1-2H3,(H,22,24). The van der Waals surface area contributed by atoms with E-state index >= 15 is 0 Å². The van der Waals surface area contributed by atoms with Gasteiger partial charge in [0.2, 0.25) is 10.0 Å². The lowest BCUT2D eigenvalue weighted by Crippen LogP contribution is -2.32. The smallest absolute Gasteiger partial charge is 0.255 e. The van der Waals surface area contributed by atoms with Crippen molar-refractivity contribution < 1.29 is 22.7 Å². The van der Waals surface area contributed by atoms with Gasteiger partial charge in [-0.1, -0.05) is 12.8 Å². The van der Waals surface area contributed by atoms with Crippen LogP contribution in [0.25, 0.3) is 0 Å². The van der Waals surface area contributed by atoms with E-state index in [0.717, 1.165) is 25.7 Å². The minimum Gasteiger partial charge on any atom is -0.497 e. The fraction of sp³-hybridized carbons (Fsp3) is 0.381. The highest BCUT2D eigenvalue weighted by Gasteiger charge is 2.26. The van der Waals surface area contributed by atoms with E-state index in [4.69, 9.17) is 9.47 Å². The van der Waals surface area contributed by atoms with Gasteiger partial charge in [0.1, 0.15) is 11.5 Å². The molecule has 0 bridgehead atoms. The van der Waals surface area contributed by atoms with E-state index in [0.29, 0.717) is 35.8 Å². The molecular formula is C21H26N2O5S. The third kappa shape index (κ3) is 4.89. The molecule has 2 aromatic rings. The van der Waals surface area contributed by atoms with Gasteiger partial charge in [-0.3, -0.25) is 4.79 Å². The number of amides is 1. The van der Waals surface area contributed by atoms with E-state index in [1.54, 1.807) is 37.4 Å². The predicted octanol–water partition coefficient (Wildman–Crippen LogP) is 3.52. The fourth-order valence-electron chi connectivity index (χ4n) is 3.31. The number of sulfonamides is 1. The minimum atomic E-state index is -3.63. The first-order valence-electron chi connectivity index (χ1n) is 9.59. The Bertz CT molecular complexity index is 950. The van der Waals surface area contributed by atoms with Gasteiger partial charge in [0.05, 0.1) is 24.8 Å². The second-order valence-electron chi connectivity index (χ2n) is 6.86. The Hall–Kier alpha value is -2.58. The van der Waals surface area contributed by atoms with Crippen LogP contribution in [0.4, 0.5) is 5.69 Å². The van der Waals surface area contributed by atoms with Crippen molar-refractivity contribution in [1.82, 2.24) is 4.31 Å². The number of methoxy groups -OCH3 is 2. The number of hydrogen-bond donors (Lipinski definition) is 1. The molecule has 0 unspecified atom stereocenters.